The summed E-state index contributed by atoms with van der Waals surface area (Å²) >= 11 is 3.19. The summed E-state index contributed by atoms with van der Waals surface area (Å²) in [6.07, 6.45) is 3.02. The number of hydrogen-bond acceptors (Lipinski definition) is 3. The van der Waals surface area contributed by atoms with Crippen molar-refractivity contribution in [3.05, 3.63) is 52.4 Å². The summed E-state index contributed by atoms with van der Waals surface area (Å²) in [4.78, 5) is 22.8. The largest absolute Gasteiger partial charge is 0.478 e. The highest BCUT2D eigenvalue weighted by molar-refractivity contribution is 9.10. The van der Waals surface area contributed by atoms with E-state index in [2.05, 4.69) is 26.6 Å². The molecular formula is C13H11BrN2O4. The number of carbonyl (C=O) groups is 2. The van der Waals surface area contributed by atoms with Gasteiger partial charge in [0.1, 0.15) is 0 Å². The molecule has 1 aromatic heterocycles. The molecule has 1 aromatic carbocycles. The lowest BCUT2D eigenvalue weighted by molar-refractivity contribution is 0.0698. The molecule has 0 radical (unpaired) electrons. The van der Waals surface area contributed by atoms with Gasteiger partial charge in [-0.25, -0.2) is 9.59 Å². The van der Waals surface area contributed by atoms with E-state index in [1.165, 1.54) is 24.7 Å². The Labute approximate surface area is 122 Å². The Morgan fingerprint density at radius 2 is 2.10 bits per heavy atom. The number of halogens is 1. The fourth-order valence-electron chi connectivity index (χ4n) is 1.54. The quantitative estimate of drug-likeness (QED) is 0.798. The lowest BCUT2D eigenvalue weighted by Crippen LogP contribution is -2.28. The molecule has 0 bridgehead atoms. The molecule has 2 amide bonds. The molecule has 0 aliphatic heterocycles. The highest BCUT2D eigenvalue weighted by Gasteiger charge is 2.12. The first kappa shape index (κ1) is 14.1. The lowest BCUT2D eigenvalue weighted by Gasteiger charge is -2.09. The summed E-state index contributed by atoms with van der Waals surface area (Å²) in [6.45, 7) is 0.293. The van der Waals surface area contributed by atoms with Crippen LogP contribution >= 0.6 is 15.9 Å². The molecule has 1 heterocycles. The van der Waals surface area contributed by atoms with E-state index in [1.807, 2.05) is 0 Å². The molecule has 2 rings (SSSR count). The highest BCUT2D eigenvalue weighted by Crippen LogP contribution is 2.21. The second-order valence-corrected chi connectivity index (χ2v) is 4.85. The number of aromatic carboxylic acids is 1. The van der Waals surface area contributed by atoms with Crippen LogP contribution in [0.3, 0.4) is 0 Å². The molecule has 0 saturated carbocycles. The third-order valence-electron chi connectivity index (χ3n) is 2.49. The zero-order chi connectivity index (χ0) is 14.5. The molecule has 20 heavy (non-hydrogen) atoms. The van der Waals surface area contributed by atoms with Gasteiger partial charge >= 0.3 is 12.0 Å². The Hall–Kier alpha value is -2.28. The smallest absolute Gasteiger partial charge is 0.337 e. The maximum Gasteiger partial charge on any atom is 0.337 e. The second-order valence-electron chi connectivity index (χ2n) is 3.93. The lowest BCUT2D eigenvalue weighted by atomic mass is 10.2. The minimum Gasteiger partial charge on any atom is -0.478 e. The van der Waals surface area contributed by atoms with Crippen LogP contribution in [0.2, 0.25) is 0 Å². The van der Waals surface area contributed by atoms with Crippen LogP contribution in [-0.2, 0) is 6.54 Å². The van der Waals surface area contributed by atoms with E-state index in [1.54, 1.807) is 12.1 Å². The molecule has 0 saturated heterocycles. The third kappa shape index (κ3) is 3.61. The van der Waals surface area contributed by atoms with Gasteiger partial charge in [0.05, 0.1) is 23.8 Å². The summed E-state index contributed by atoms with van der Waals surface area (Å²) in [5, 5.41) is 14.2. The molecule has 7 heteroatoms. The highest BCUT2D eigenvalue weighted by atomic mass is 79.9. The number of urea groups is 1. The van der Waals surface area contributed by atoms with Crippen LogP contribution in [0.1, 0.15) is 15.9 Å². The Morgan fingerprint density at radius 3 is 2.75 bits per heavy atom. The minimum absolute atomic E-state index is 0.0119. The van der Waals surface area contributed by atoms with E-state index in [0.717, 1.165) is 5.56 Å². The number of rotatable bonds is 4. The van der Waals surface area contributed by atoms with Crippen LogP contribution < -0.4 is 10.6 Å². The van der Waals surface area contributed by atoms with Crippen molar-refractivity contribution >= 4 is 33.6 Å². The SMILES string of the molecule is O=C(NCc1ccoc1)Nc1ccc(Br)cc1C(=O)O. The van der Waals surface area contributed by atoms with Gasteiger partial charge in [-0.2, -0.15) is 0 Å². The number of carboxylic acids is 1. The number of hydrogen-bond donors (Lipinski definition) is 3. The van der Waals surface area contributed by atoms with Gasteiger partial charge in [-0.1, -0.05) is 15.9 Å². The standard InChI is InChI=1S/C13H11BrN2O4/c14-9-1-2-11(10(5-9)12(17)18)16-13(19)15-6-8-3-4-20-7-8/h1-5,7H,6H2,(H,17,18)(H2,15,16,19). The number of anilines is 1. The zero-order valence-electron chi connectivity index (χ0n) is 10.2. The van der Waals surface area contributed by atoms with Crippen molar-refractivity contribution in [3.63, 3.8) is 0 Å². The average molecular weight is 339 g/mol. The summed E-state index contributed by atoms with van der Waals surface area (Å²) in [7, 11) is 0. The van der Waals surface area contributed by atoms with Gasteiger partial charge in [0.2, 0.25) is 0 Å². The number of nitrogens with one attached hydrogen (secondary N) is 2. The Kier molecular flexibility index (Phi) is 4.41. The molecule has 0 aliphatic rings. The number of benzene rings is 1. The maximum atomic E-state index is 11.7. The monoisotopic (exact) mass is 338 g/mol. The fraction of sp³-hybridized carbons (Fsp3) is 0.0769. The summed E-state index contributed by atoms with van der Waals surface area (Å²) in [5.74, 6) is -1.11. The van der Waals surface area contributed by atoms with Crippen molar-refractivity contribution in [2.24, 2.45) is 0 Å². The van der Waals surface area contributed by atoms with E-state index in [-0.39, 0.29) is 11.3 Å². The predicted octanol–water partition coefficient (Wildman–Crippen LogP) is 3.06. The van der Waals surface area contributed by atoms with Gasteiger partial charge in [-0.15, -0.1) is 0 Å². The number of carboxylic acid groups (broad SMARTS) is 1. The zero-order valence-corrected chi connectivity index (χ0v) is 11.8. The molecular weight excluding hydrogens is 328 g/mol. The molecule has 2 aromatic rings. The van der Waals surface area contributed by atoms with Crippen LogP contribution in [0.5, 0.6) is 0 Å². The molecule has 6 nitrogen and oxygen atoms in total. The van der Waals surface area contributed by atoms with E-state index in [4.69, 9.17) is 9.52 Å². The third-order valence-corrected chi connectivity index (χ3v) is 2.99. The van der Waals surface area contributed by atoms with Gasteiger partial charge in [-0.3, -0.25) is 0 Å². The molecule has 0 spiro atoms. The first-order valence-electron chi connectivity index (χ1n) is 5.65. The van der Waals surface area contributed by atoms with Gasteiger partial charge in [0.25, 0.3) is 0 Å². The molecule has 0 atom stereocenters. The van der Waals surface area contributed by atoms with E-state index in [0.29, 0.717) is 11.0 Å². The first-order valence-corrected chi connectivity index (χ1v) is 6.44. The first-order chi connectivity index (χ1) is 9.56. The van der Waals surface area contributed by atoms with Crippen LogP contribution in [0, 0.1) is 0 Å². The fourth-order valence-corrected chi connectivity index (χ4v) is 1.91. The van der Waals surface area contributed by atoms with Gasteiger partial charge < -0.3 is 20.2 Å². The van der Waals surface area contributed by atoms with Crippen LogP contribution in [-0.4, -0.2) is 17.1 Å². The average Bonchev–Trinajstić information content (AvgIpc) is 2.91. The summed E-state index contributed by atoms with van der Waals surface area (Å²) in [5.41, 5.74) is 1.05. The van der Waals surface area contributed by atoms with Crippen molar-refractivity contribution in [3.8, 4) is 0 Å². The Morgan fingerprint density at radius 1 is 1.30 bits per heavy atom. The van der Waals surface area contributed by atoms with Crippen molar-refractivity contribution in [2.45, 2.75) is 6.54 Å². The van der Waals surface area contributed by atoms with E-state index >= 15 is 0 Å². The molecule has 0 fully saturated rings. The Bertz CT molecular complexity index is 625. The number of carbonyl (C=O) groups excluding carboxylic acids is 1. The van der Waals surface area contributed by atoms with Crippen molar-refractivity contribution in [1.82, 2.24) is 5.32 Å². The molecule has 0 aliphatic carbocycles. The van der Waals surface area contributed by atoms with Gasteiger partial charge in [0.15, 0.2) is 0 Å². The Balaban J connectivity index is 2.02. The van der Waals surface area contributed by atoms with Crippen molar-refractivity contribution in [1.29, 1.82) is 0 Å². The summed E-state index contributed by atoms with van der Waals surface area (Å²) in [6, 6.07) is 5.83. The van der Waals surface area contributed by atoms with Gasteiger partial charge in [0, 0.05) is 16.6 Å². The van der Waals surface area contributed by atoms with E-state index in [9.17, 15) is 9.59 Å². The molecule has 0 unspecified atom stereocenters. The molecule has 104 valence electrons. The topological polar surface area (TPSA) is 91.6 Å². The predicted molar refractivity (Wildman–Crippen MR) is 75.7 cm³/mol. The van der Waals surface area contributed by atoms with Crippen LogP contribution in [0.15, 0.2) is 45.7 Å². The second kappa shape index (κ2) is 6.25. The van der Waals surface area contributed by atoms with Crippen molar-refractivity contribution < 1.29 is 19.1 Å². The van der Waals surface area contributed by atoms with E-state index < -0.39 is 12.0 Å². The summed E-state index contributed by atoms with van der Waals surface area (Å²) < 4.78 is 5.50. The van der Waals surface area contributed by atoms with Crippen LogP contribution in [0.4, 0.5) is 10.5 Å². The normalized spacial score (nSPS) is 10.1. The maximum absolute atomic E-state index is 11.7. The number of amides is 2. The van der Waals surface area contributed by atoms with Crippen LogP contribution in [0.25, 0.3) is 0 Å². The molecule has 3 N–H and O–H groups in total. The van der Waals surface area contributed by atoms with Gasteiger partial charge in [-0.05, 0) is 24.3 Å². The number of furan rings is 1. The minimum atomic E-state index is -1.11. The van der Waals surface area contributed by atoms with Crippen molar-refractivity contribution in [2.75, 3.05) is 5.32 Å².